The molecule has 1 amide bonds. The van der Waals surface area contributed by atoms with E-state index in [1.165, 1.54) is 18.0 Å². The summed E-state index contributed by atoms with van der Waals surface area (Å²) < 4.78 is 0.615. The Morgan fingerprint density at radius 3 is 2.65 bits per heavy atom. The van der Waals surface area contributed by atoms with Crippen LogP contribution in [-0.2, 0) is 11.2 Å². The number of anilines is 1. The zero-order chi connectivity index (χ0) is 14.4. The van der Waals surface area contributed by atoms with Crippen molar-refractivity contribution in [1.29, 1.82) is 0 Å². The van der Waals surface area contributed by atoms with Gasteiger partial charge in [-0.05, 0) is 34.3 Å². The van der Waals surface area contributed by atoms with Crippen molar-refractivity contribution in [3.05, 3.63) is 52.9 Å². The first kappa shape index (κ1) is 14.6. The van der Waals surface area contributed by atoms with Gasteiger partial charge in [0.1, 0.15) is 4.60 Å². The van der Waals surface area contributed by atoms with Crippen LogP contribution in [0.25, 0.3) is 0 Å². The maximum Gasteiger partial charge on any atom is 0.242 e. The van der Waals surface area contributed by atoms with Crippen molar-refractivity contribution >= 4 is 27.7 Å². The van der Waals surface area contributed by atoms with E-state index in [4.69, 9.17) is 5.73 Å². The molecule has 1 heterocycles. The number of hydrogen-bond acceptors (Lipinski definition) is 4. The number of carbonyl (C=O) groups excluding carboxylic acids is 1. The van der Waals surface area contributed by atoms with E-state index < -0.39 is 6.04 Å². The highest BCUT2D eigenvalue weighted by atomic mass is 79.9. The van der Waals surface area contributed by atoms with Crippen LogP contribution in [0.4, 0.5) is 5.82 Å². The summed E-state index contributed by atoms with van der Waals surface area (Å²) in [5.41, 5.74) is 7.04. The smallest absolute Gasteiger partial charge is 0.242 e. The Bertz CT molecular complexity index is 559. The molecule has 0 saturated carbocycles. The first-order valence-corrected chi connectivity index (χ1v) is 7.02. The Hall–Kier alpha value is -1.79. The quantitative estimate of drug-likeness (QED) is 0.877. The number of hydrogen-bond donors (Lipinski definition) is 2. The van der Waals surface area contributed by atoms with E-state index in [1.807, 2.05) is 30.3 Å². The predicted octanol–water partition coefficient (Wildman–Crippen LogP) is 2.14. The Kier molecular flexibility index (Phi) is 5.20. The standard InChI is InChI=1S/C14H15BrN4O/c15-12-8-18-13(9-17-12)19-14(20)11(16)7-6-10-4-2-1-3-5-10/h1-5,8-9,11H,6-7,16H2,(H,18,19,20). The van der Waals surface area contributed by atoms with E-state index in [1.54, 1.807) is 0 Å². The fraction of sp³-hybridized carbons (Fsp3) is 0.214. The van der Waals surface area contributed by atoms with E-state index in [0.29, 0.717) is 16.8 Å². The number of aromatic nitrogens is 2. The average Bonchev–Trinajstić information content (AvgIpc) is 2.48. The first-order chi connectivity index (χ1) is 9.65. The molecule has 3 N–H and O–H groups in total. The molecule has 1 unspecified atom stereocenters. The van der Waals surface area contributed by atoms with E-state index >= 15 is 0 Å². The highest BCUT2D eigenvalue weighted by Crippen LogP contribution is 2.08. The van der Waals surface area contributed by atoms with E-state index in [-0.39, 0.29) is 5.91 Å². The molecule has 0 aliphatic heterocycles. The molecule has 104 valence electrons. The molecule has 0 saturated heterocycles. The minimum absolute atomic E-state index is 0.252. The molecule has 1 atom stereocenters. The summed E-state index contributed by atoms with van der Waals surface area (Å²) in [5, 5.41) is 2.65. The van der Waals surface area contributed by atoms with Gasteiger partial charge in [-0.3, -0.25) is 4.79 Å². The molecule has 5 nitrogen and oxygen atoms in total. The predicted molar refractivity (Wildman–Crippen MR) is 81.1 cm³/mol. The van der Waals surface area contributed by atoms with Gasteiger partial charge in [0.25, 0.3) is 0 Å². The lowest BCUT2D eigenvalue weighted by Crippen LogP contribution is -2.36. The van der Waals surface area contributed by atoms with Gasteiger partial charge in [-0.2, -0.15) is 0 Å². The van der Waals surface area contributed by atoms with Crippen molar-refractivity contribution in [2.45, 2.75) is 18.9 Å². The molecule has 2 rings (SSSR count). The fourth-order valence-corrected chi connectivity index (χ4v) is 1.90. The summed E-state index contributed by atoms with van der Waals surface area (Å²) in [4.78, 5) is 19.9. The van der Waals surface area contributed by atoms with Crippen LogP contribution in [0.5, 0.6) is 0 Å². The summed E-state index contributed by atoms with van der Waals surface area (Å²) in [6, 6.07) is 9.37. The van der Waals surface area contributed by atoms with Crippen LogP contribution >= 0.6 is 15.9 Å². The van der Waals surface area contributed by atoms with Crippen LogP contribution in [0, 0.1) is 0 Å². The third-order valence-corrected chi connectivity index (χ3v) is 3.20. The Morgan fingerprint density at radius 2 is 2.00 bits per heavy atom. The molecule has 1 aromatic heterocycles. The minimum atomic E-state index is -0.569. The van der Waals surface area contributed by atoms with Gasteiger partial charge in [0, 0.05) is 0 Å². The second kappa shape index (κ2) is 7.12. The Labute approximate surface area is 125 Å². The summed E-state index contributed by atoms with van der Waals surface area (Å²) in [6.07, 6.45) is 4.35. The largest absolute Gasteiger partial charge is 0.320 e. The van der Waals surface area contributed by atoms with Gasteiger partial charge in [0.2, 0.25) is 5.91 Å². The lowest BCUT2D eigenvalue weighted by atomic mass is 10.1. The molecule has 6 heteroatoms. The highest BCUT2D eigenvalue weighted by molar-refractivity contribution is 9.10. The van der Waals surface area contributed by atoms with E-state index in [9.17, 15) is 4.79 Å². The van der Waals surface area contributed by atoms with Crippen molar-refractivity contribution in [2.75, 3.05) is 5.32 Å². The van der Waals surface area contributed by atoms with Crippen molar-refractivity contribution in [3.8, 4) is 0 Å². The molecule has 0 aliphatic rings. The van der Waals surface area contributed by atoms with Gasteiger partial charge < -0.3 is 11.1 Å². The summed E-state index contributed by atoms with van der Waals surface area (Å²) >= 11 is 3.18. The number of rotatable bonds is 5. The van der Waals surface area contributed by atoms with Gasteiger partial charge in [-0.1, -0.05) is 30.3 Å². The molecule has 0 spiro atoms. The lowest BCUT2D eigenvalue weighted by molar-refractivity contribution is -0.117. The molecule has 0 fully saturated rings. The third-order valence-electron chi connectivity index (χ3n) is 2.80. The van der Waals surface area contributed by atoms with Crippen LogP contribution in [-0.4, -0.2) is 21.9 Å². The van der Waals surface area contributed by atoms with Crippen molar-refractivity contribution in [3.63, 3.8) is 0 Å². The number of carbonyl (C=O) groups is 1. The lowest BCUT2D eigenvalue weighted by Gasteiger charge is -2.11. The molecular weight excluding hydrogens is 320 g/mol. The number of nitrogens with one attached hydrogen (secondary N) is 1. The van der Waals surface area contributed by atoms with Crippen LogP contribution in [0.1, 0.15) is 12.0 Å². The molecular formula is C14H15BrN4O. The zero-order valence-corrected chi connectivity index (χ0v) is 12.4. The fourth-order valence-electron chi connectivity index (χ4n) is 1.69. The number of amides is 1. The van der Waals surface area contributed by atoms with Crippen LogP contribution in [0.3, 0.4) is 0 Å². The number of nitrogens with zero attached hydrogens (tertiary/aromatic N) is 2. The van der Waals surface area contributed by atoms with Crippen LogP contribution in [0.15, 0.2) is 47.3 Å². The van der Waals surface area contributed by atoms with Gasteiger partial charge in [0.05, 0.1) is 18.4 Å². The Morgan fingerprint density at radius 1 is 1.25 bits per heavy atom. The van der Waals surface area contributed by atoms with Gasteiger partial charge >= 0.3 is 0 Å². The van der Waals surface area contributed by atoms with Gasteiger partial charge in [-0.15, -0.1) is 0 Å². The van der Waals surface area contributed by atoms with Crippen molar-refractivity contribution in [1.82, 2.24) is 9.97 Å². The van der Waals surface area contributed by atoms with Crippen molar-refractivity contribution < 1.29 is 4.79 Å². The second-order valence-electron chi connectivity index (χ2n) is 4.34. The second-order valence-corrected chi connectivity index (χ2v) is 5.16. The monoisotopic (exact) mass is 334 g/mol. The average molecular weight is 335 g/mol. The van der Waals surface area contributed by atoms with Crippen molar-refractivity contribution in [2.24, 2.45) is 5.73 Å². The maximum atomic E-state index is 11.9. The zero-order valence-electron chi connectivity index (χ0n) is 10.8. The van der Waals surface area contributed by atoms with Crippen LogP contribution < -0.4 is 11.1 Å². The van der Waals surface area contributed by atoms with Gasteiger partial charge in [-0.25, -0.2) is 9.97 Å². The number of nitrogens with two attached hydrogens (primary N) is 1. The molecule has 0 radical (unpaired) electrons. The molecule has 0 bridgehead atoms. The number of aryl methyl sites for hydroxylation is 1. The number of halogens is 1. The first-order valence-electron chi connectivity index (χ1n) is 6.23. The molecule has 2 aromatic rings. The molecule has 20 heavy (non-hydrogen) atoms. The highest BCUT2D eigenvalue weighted by Gasteiger charge is 2.14. The maximum absolute atomic E-state index is 11.9. The minimum Gasteiger partial charge on any atom is -0.320 e. The van der Waals surface area contributed by atoms with E-state index in [0.717, 1.165) is 6.42 Å². The van der Waals surface area contributed by atoms with E-state index in [2.05, 4.69) is 31.2 Å². The molecule has 0 aliphatic carbocycles. The Balaban J connectivity index is 1.84. The summed E-state index contributed by atoms with van der Waals surface area (Å²) in [7, 11) is 0. The SMILES string of the molecule is NC(CCc1ccccc1)C(=O)Nc1cnc(Br)cn1. The summed E-state index contributed by atoms with van der Waals surface area (Å²) in [5.74, 6) is 0.144. The topological polar surface area (TPSA) is 80.9 Å². The third kappa shape index (κ3) is 4.40. The van der Waals surface area contributed by atoms with Gasteiger partial charge in [0.15, 0.2) is 5.82 Å². The summed E-state index contributed by atoms with van der Waals surface area (Å²) in [6.45, 7) is 0. The normalized spacial score (nSPS) is 11.9. The molecule has 1 aromatic carbocycles. The number of benzene rings is 1. The van der Waals surface area contributed by atoms with Crippen LogP contribution in [0.2, 0.25) is 0 Å².